The Labute approximate surface area is 140 Å². The van der Waals surface area contributed by atoms with E-state index in [9.17, 15) is 4.79 Å². The SMILES string of the molecule is Cc1cccc(C(=O)Nc2ccnn2Cc2cc(Br)cs2)c1. The zero-order chi connectivity index (χ0) is 15.5. The highest BCUT2D eigenvalue weighted by Crippen LogP contribution is 2.21. The number of nitrogens with zero attached hydrogens (tertiary/aromatic N) is 2. The molecule has 0 spiro atoms. The molecule has 0 unspecified atom stereocenters. The van der Waals surface area contributed by atoms with Gasteiger partial charge in [-0.1, -0.05) is 17.7 Å². The number of nitrogens with one attached hydrogen (secondary N) is 1. The Morgan fingerprint density at radius 2 is 2.23 bits per heavy atom. The molecule has 22 heavy (non-hydrogen) atoms. The van der Waals surface area contributed by atoms with Crippen LogP contribution in [-0.2, 0) is 6.54 Å². The van der Waals surface area contributed by atoms with Gasteiger partial charge >= 0.3 is 0 Å². The maximum Gasteiger partial charge on any atom is 0.256 e. The molecule has 0 radical (unpaired) electrons. The summed E-state index contributed by atoms with van der Waals surface area (Å²) in [5, 5.41) is 9.23. The summed E-state index contributed by atoms with van der Waals surface area (Å²) >= 11 is 5.10. The lowest BCUT2D eigenvalue weighted by Crippen LogP contribution is -2.16. The van der Waals surface area contributed by atoms with Crippen molar-refractivity contribution in [3.05, 3.63) is 68.5 Å². The van der Waals surface area contributed by atoms with E-state index in [-0.39, 0.29) is 5.91 Å². The number of benzene rings is 1. The number of halogens is 1. The average molecular weight is 376 g/mol. The molecular formula is C16H14BrN3OS. The quantitative estimate of drug-likeness (QED) is 0.737. The number of carbonyl (C=O) groups is 1. The molecule has 1 aromatic carbocycles. The van der Waals surface area contributed by atoms with E-state index in [0.29, 0.717) is 17.9 Å². The second kappa shape index (κ2) is 6.46. The third-order valence-electron chi connectivity index (χ3n) is 3.17. The van der Waals surface area contributed by atoms with Crippen molar-refractivity contribution in [3.63, 3.8) is 0 Å². The Hall–Kier alpha value is -1.92. The van der Waals surface area contributed by atoms with Gasteiger partial charge in [0.15, 0.2) is 0 Å². The van der Waals surface area contributed by atoms with Crippen LogP contribution < -0.4 is 5.32 Å². The molecule has 3 aromatic rings. The van der Waals surface area contributed by atoms with Crippen molar-refractivity contribution in [1.82, 2.24) is 9.78 Å². The first-order chi connectivity index (χ1) is 10.6. The molecular weight excluding hydrogens is 362 g/mol. The van der Waals surface area contributed by atoms with Gasteiger partial charge in [-0.15, -0.1) is 11.3 Å². The molecule has 3 rings (SSSR count). The molecule has 0 atom stereocenters. The van der Waals surface area contributed by atoms with Crippen molar-refractivity contribution in [2.24, 2.45) is 0 Å². The third-order valence-corrected chi connectivity index (χ3v) is 4.85. The van der Waals surface area contributed by atoms with E-state index < -0.39 is 0 Å². The number of aromatic nitrogens is 2. The first kappa shape index (κ1) is 15.0. The van der Waals surface area contributed by atoms with Crippen molar-refractivity contribution < 1.29 is 4.79 Å². The molecule has 1 amide bonds. The lowest BCUT2D eigenvalue weighted by molar-refractivity contribution is 0.102. The van der Waals surface area contributed by atoms with Crippen molar-refractivity contribution in [2.75, 3.05) is 5.32 Å². The minimum absolute atomic E-state index is 0.127. The second-order valence-electron chi connectivity index (χ2n) is 4.93. The number of hydrogen-bond acceptors (Lipinski definition) is 3. The summed E-state index contributed by atoms with van der Waals surface area (Å²) in [5.41, 5.74) is 1.70. The Kier molecular flexibility index (Phi) is 4.40. The highest BCUT2D eigenvalue weighted by Gasteiger charge is 2.10. The maximum atomic E-state index is 12.3. The molecule has 6 heteroatoms. The Balaban J connectivity index is 1.76. The topological polar surface area (TPSA) is 46.9 Å². The van der Waals surface area contributed by atoms with E-state index in [1.807, 2.05) is 30.5 Å². The van der Waals surface area contributed by atoms with Crippen LogP contribution in [0.4, 0.5) is 5.82 Å². The van der Waals surface area contributed by atoms with Gasteiger partial charge in [0.1, 0.15) is 5.82 Å². The van der Waals surface area contributed by atoms with Gasteiger partial charge in [-0.3, -0.25) is 4.79 Å². The summed E-state index contributed by atoms with van der Waals surface area (Å²) < 4.78 is 2.84. The molecule has 2 heterocycles. The fraction of sp³-hybridized carbons (Fsp3) is 0.125. The largest absolute Gasteiger partial charge is 0.307 e. The minimum Gasteiger partial charge on any atom is -0.307 e. The number of aryl methyl sites for hydroxylation is 1. The molecule has 4 nitrogen and oxygen atoms in total. The lowest BCUT2D eigenvalue weighted by atomic mass is 10.1. The van der Waals surface area contributed by atoms with Crippen LogP contribution in [0.25, 0.3) is 0 Å². The molecule has 0 fully saturated rings. The first-order valence-corrected chi connectivity index (χ1v) is 8.42. The minimum atomic E-state index is -0.127. The van der Waals surface area contributed by atoms with Crippen LogP contribution in [0, 0.1) is 6.92 Å². The van der Waals surface area contributed by atoms with Crippen LogP contribution in [0.2, 0.25) is 0 Å². The number of anilines is 1. The molecule has 0 saturated heterocycles. The average Bonchev–Trinajstić information content (AvgIpc) is 3.09. The Morgan fingerprint density at radius 1 is 1.36 bits per heavy atom. The van der Waals surface area contributed by atoms with Gasteiger partial charge in [-0.25, -0.2) is 4.68 Å². The van der Waals surface area contributed by atoms with E-state index in [0.717, 1.165) is 10.0 Å². The standard InChI is InChI=1S/C16H14BrN3OS/c1-11-3-2-4-12(7-11)16(21)19-15-5-6-18-20(15)9-14-8-13(17)10-22-14/h2-8,10H,9H2,1H3,(H,19,21). The Morgan fingerprint density at radius 3 is 2.95 bits per heavy atom. The van der Waals surface area contributed by atoms with Crippen LogP contribution in [0.3, 0.4) is 0 Å². The molecule has 0 bridgehead atoms. The van der Waals surface area contributed by atoms with E-state index in [1.54, 1.807) is 34.3 Å². The van der Waals surface area contributed by atoms with Crippen LogP contribution in [-0.4, -0.2) is 15.7 Å². The van der Waals surface area contributed by atoms with Gasteiger partial charge in [0.05, 0.1) is 12.7 Å². The molecule has 2 aromatic heterocycles. The van der Waals surface area contributed by atoms with Crippen molar-refractivity contribution >= 4 is 39.0 Å². The highest BCUT2D eigenvalue weighted by molar-refractivity contribution is 9.10. The molecule has 0 aliphatic carbocycles. The fourth-order valence-electron chi connectivity index (χ4n) is 2.12. The molecule has 0 saturated carbocycles. The first-order valence-electron chi connectivity index (χ1n) is 6.74. The maximum absolute atomic E-state index is 12.3. The summed E-state index contributed by atoms with van der Waals surface area (Å²) in [5.74, 6) is 0.564. The summed E-state index contributed by atoms with van der Waals surface area (Å²) in [6.45, 7) is 2.60. The van der Waals surface area contributed by atoms with Crippen LogP contribution in [0.1, 0.15) is 20.8 Å². The van der Waals surface area contributed by atoms with Crippen LogP contribution in [0.5, 0.6) is 0 Å². The predicted molar refractivity (Wildman–Crippen MR) is 92.5 cm³/mol. The normalized spacial score (nSPS) is 10.6. The van der Waals surface area contributed by atoms with Gasteiger partial charge in [0.25, 0.3) is 5.91 Å². The summed E-state index contributed by atoms with van der Waals surface area (Å²) in [7, 11) is 0. The van der Waals surface area contributed by atoms with Gasteiger partial charge in [-0.05, 0) is 41.1 Å². The van der Waals surface area contributed by atoms with Gasteiger partial charge in [0, 0.05) is 26.4 Å². The zero-order valence-electron chi connectivity index (χ0n) is 11.9. The molecule has 1 N–H and O–H groups in total. The van der Waals surface area contributed by atoms with Crippen molar-refractivity contribution in [1.29, 1.82) is 0 Å². The van der Waals surface area contributed by atoms with Gasteiger partial charge in [-0.2, -0.15) is 5.10 Å². The molecule has 0 aliphatic heterocycles. The smallest absolute Gasteiger partial charge is 0.256 e. The van der Waals surface area contributed by atoms with Crippen molar-refractivity contribution in [2.45, 2.75) is 13.5 Å². The van der Waals surface area contributed by atoms with Gasteiger partial charge in [0.2, 0.25) is 0 Å². The van der Waals surface area contributed by atoms with E-state index in [4.69, 9.17) is 0 Å². The number of thiophene rings is 1. The summed E-state index contributed by atoms with van der Waals surface area (Å²) in [6, 6.07) is 11.4. The number of amides is 1. The molecule has 112 valence electrons. The summed E-state index contributed by atoms with van der Waals surface area (Å²) in [6.07, 6.45) is 1.69. The predicted octanol–water partition coefficient (Wildman–Crippen LogP) is 4.32. The number of rotatable bonds is 4. The summed E-state index contributed by atoms with van der Waals surface area (Å²) in [4.78, 5) is 13.5. The van der Waals surface area contributed by atoms with E-state index in [2.05, 4.69) is 32.4 Å². The van der Waals surface area contributed by atoms with Crippen LogP contribution >= 0.6 is 27.3 Å². The van der Waals surface area contributed by atoms with Crippen LogP contribution in [0.15, 0.2) is 52.4 Å². The second-order valence-corrected chi connectivity index (χ2v) is 6.84. The van der Waals surface area contributed by atoms with Gasteiger partial charge < -0.3 is 5.32 Å². The Bertz CT molecular complexity index is 809. The third kappa shape index (κ3) is 3.45. The number of carbonyl (C=O) groups excluding carboxylic acids is 1. The monoisotopic (exact) mass is 375 g/mol. The molecule has 0 aliphatic rings. The van der Waals surface area contributed by atoms with E-state index in [1.165, 1.54) is 4.88 Å². The fourth-order valence-corrected chi connectivity index (χ4v) is 3.56. The lowest BCUT2D eigenvalue weighted by Gasteiger charge is -2.08. The highest BCUT2D eigenvalue weighted by atomic mass is 79.9. The van der Waals surface area contributed by atoms with Crippen molar-refractivity contribution in [3.8, 4) is 0 Å². The van der Waals surface area contributed by atoms with E-state index >= 15 is 0 Å². The zero-order valence-corrected chi connectivity index (χ0v) is 14.3. The number of hydrogen-bond donors (Lipinski definition) is 1.